The van der Waals surface area contributed by atoms with Gasteiger partial charge in [-0.1, -0.05) is 24.3 Å². The highest BCUT2D eigenvalue weighted by Crippen LogP contribution is 2.34. The second-order valence-corrected chi connectivity index (χ2v) is 5.38. The molecule has 0 fully saturated rings. The summed E-state index contributed by atoms with van der Waals surface area (Å²) in [4.78, 5) is 22.6. The summed E-state index contributed by atoms with van der Waals surface area (Å²) >= 11 is 0. The van der Waals surface area contributed by atoms with Crippen LogP contribution in [0.25, 0.3) is 0 Å². The molecule has 26 heavy (non-hydrogen) atoms. The number of para-hydroxylation sites is 2. The first-order valence-corrected chi connectivity index (χ1v) is 7.89. The van der Waals surface area contributed by atoms with Gasteiger partial charge >= 0.3 is 11.9 Å². The molecule has 8 heteroatoms. The third-order valence-electron chi connectivity index (χ3n) is 3.61. The zero-order valence-electron chi connectivity index (χ0n) is 14.0. The van der Waals surface area contributed by atoms with E-state index < -0.39 is 11.9 Å². The maximum Gasteiger partial charge on any atom is 0.325 e. The van der Waals surface area contributed by atoms with Crippen molar-refractivity contribution in [2.24, 2.45) is 11.5 Å². The van der Waals surface area contributed by atoms with Crippen LogP contribution in [0.2, 0.25) is 0 Å². The van der Waals surface area contributed by atoms with Crippen LogP contribution in [-0.2, 0) is 22.4 Å². The zero-order chi connectivity index (χ0) is 19.1. The monoisotopic (exact) mass is 360 g/mol. The lowest BCUT2D eigenvalue weighted by Crippen LogP contribution is -2.19. The molecule has 0 radical (unpaired) electrons. The standard InChI is InChI=1S/C18H20N2O6/c19-9-15(21)25-13-5-1-3-11(17(13)23)7-8-12-4-2-6-14(18(12)24)26-16(22)10-20/h1-6,23-24H,7-10,19-20H2. The van der Waals surface area contributed by atoms with Crippen LogP contribution in [-0.4, -0.2) is 35.2 Å². The second kappa shape index (κ2) is 8.84. The molecule has 0 aliphatic rings. The first-order valence-electron chi connectivity index (χ1n) is 7.89. The van der Waals surface area contributed by atoms with Crippen molar-refractivity contribution in [2.45, 2.75) is 12.8 Å². The van der Waals surface area contributed by atoms with Gasteiger partial charge in [-0.2, -0.15) is 0 Å². The molecule has 0 aliphatic heterocycles. The van der Waals surface area contributed by atoms with Crippen LogP contribution in [0.1, 0.15) is 11.1 Å². The average molecular weight is 360 g/mol. The number of aromatic hydroxyl groups is 2. The summed E-state index contributed by atoms with van der Waals surface area (Å²) in [5, 5.41) is 20.4. The number of carbonyl (C=O) groups is 2. The number of nitrogens with two attached hydrogens (primary N) is 2. The van der Waals surface area contributed by atoms with E-state index >= 15 is 0 Å². The zero-order valence-corrected chi connectivity index (χ0v) is 14.0. The van der Waals surface area contributed by atoms with Gasteiger partial charge in [-0.05, 0) is 36.1 Å². The van der Waals surface area contributed by atoms with E-state index in [1.807, 2.05) is 0 Å². The van der Waals surface area contributed by atoms with Gasteiger partial charge in [-0.25, -0.2) is 0 Å². The molecule has 0 heterocycles. The van der Waals surface area contributed by atoms with Crippen LogP contribution in [0.3, 0.4) is 0 Å². The van der Waals surface area contributed by atoms with Crippen LogP contribution < -0.4 is 20.9 Å². The summed E-state index contributed by atoms with van der Waals surface area (Å²) in [6.45, 7) is -0.599. The van der Waals surface area contributed by atoms with Gasteiger partial charge in [0, 0.05) is 0 Å². The van der Waals surface area contributed by atoms with Gasteiger partial charge in [-0.15, -0.1) is 0 Å². The summed E-state index contributed by atoms with van der Waals surface area (Å²) in [5.74, 6) is -1.62. The molecular weight excluding hydrogens is 340 g/mol. The lowest BCUT2D eigenvalue weighted by atomic mass is 10.0. The number of carbonyl (C=O) groups excluding carboxylic acids is 2. The highest BCUT2D eigenvalue weighted by atomic mass is 16.5. The minimum Gasteiger partial charge on any atom is -0.504 e. The van der Waals surface area contributed by atoms with Crippen LogP contribution in [0, 0.1) is 0 Å². The molecule has 6 N–H and O–H groups in total. The largest absolute Gasteiger partial charge is 0.504 e. The van der Waals surface area contributed by atoms with Gasteiger partial charge in [-0.3, -0.25) is 9.59 Å². The topological polar surface area (TPSA) is 145 Å². The number of benzene rings is 2. The van der Waals surface area contributed by atoms with Gasteiger partial charge in [0.05, 0.1) is 13.1 Å². The number of hydrogen-bond acceptors (Lipinski definition) is 8. The number of aryl methyl sites for hydroxylation is 2. The summed E-state index contributed by atoms with van der Waals surface area (Å²) in [6.07, 6.45) is 0.698. The molecule has 0 saturated heterocycles. The van der Waals surface area contributed by atoms with E-state index in [4.69, 9.17) is 20.9 Å². The van der Waals surface area contributed by atoms with E-state index in [0.29, 0.717) is 24.0 Å². The predicted octanol–water partition coefficient (Wildman–Crippen LogP) is 0.611. The third-order valence-corrected chi connectivity index (χ3v) is 3.61. The van der Waals surface area contributed by atoms with Crippen molar-refractivity contribution in [3.8, 4) is 23.0 Å². The van der Waals surface area contributed by atoms with E-state index in [-0.39, 0.29) is 36.1 Å². The lowest BCUT2D eigenvalue weighted by Gasteiger charge is -2.12. The molecule has 2 aromatic carbocycles. The minimum atomic E-state index is -0.662. The molecule has 0 aliphatic carbocycles. The van der Waals surface area contributed by atoms with E-state index in [2.05, 4.69) is 0 Å². The summed E-state index contributed by atoms with van der Waals surface area (Å²) in [6, 6.07) is 9.52. The fourth-order valence-corrected chi connectivity index (χ4v) is 2.30. The molecule has 0 saturated carbocycles. The SMILES string of the molecule is NCC(=O)Oc1cccc(CCc2cccc(OC(=O)CN)c2O)c1O. The predicted molar refractivity (Wildman–Crippen MR) is 93.0 cm³/mol. The van der Waals surface area contributed by atoms with E-state index in [1.54, 1.807) is 24.3 Å². The summed E-state index contributed by atoms with van der Waals surface area (Å²) in [5.41, 5.74) is 11.4. The molecule has 0 amide bonds. The summed E-state index contributed by atoms with van der Waals surface area (Å²) in [7, 11) is 0. The Kier molecular flexibility index (Phi) is 6.54. The molecule has 0 atom stereocenters. The van der Waals surface area contributed by atoms with Crippen LogP contribution in [0.5, 0.6) is 23.0 Å². The van der Waals surface area contributed by atoms with Crippen molar-refractivity contribution in [1.82, 2.24) is 0 Å². The number of rotatable bonds is 7. The van der Waals surface area contributed by atoms with Crippen molar-refractivity contribution in [3.05, 3.63) is 47.5 Å². The van der Waals surface area contributed by atoms with Crippen molar-refractivity contribution >= 4 is 11.9 Å². The molecule has 2 aromatic rings. The van der Waals surface area contributed by atoms with E-state index in [9.17, 15) is 19.8 Å². The average Bonchev–Trinajstić information content (AvgIpc) is 2.64. The quantitative estimate of drug-likeness (QED) is 0.415. The number of phenols is 2. The maximum absolute atomic E-state index is 11.3. The Morgan fingerprint density at radius 1 is 0.769 bits per heavy atom. The summed E-state index contributed by atoms with van der Waals surface area (Å²) < 4.78 is 9.91. The highest BCUT2D eigenvalue weighted by molar-refractivity contribution is 5.75. The Morgan fingerprint density at radius 3 is 1.50 bits per heavy atom. The van der Waals surface area contributed by atoms with Gasteiger partial charge in [0.15, 0.2) is 23.0 Å². The van der Waals surface area contributed by atoms with Gasteiger partial charge in [0.2, 0.25) is 0 Å². The normalized spacial score (nSPS) is 10.4. The number of ether oxygens (including phenoxy) is 2. The fraction of sp³-hybridized carbons (Fsp3) is 0.222. The van der Waals surface area contributed by atoms with Crippen molar-refractivity contribution in [2.75, 3.05) is 13.1 Å². The van der Waals surface area contributed by atoms with Crippen LogP contribution in [0.15, 0.2) is 36.4 Å². The number of phenolic OH excluding ortho intramolecular Hbond substituents is 2. The van der Waals surface area contributed by atoms with Crippen LogP contribution >= 0.6 is 0 Å². The van der Waals surface area contributed by atoms with Crippen molar-refractivity contribution < 1.29 is 29.3 Å². The van der Waals surface area contributed by atoms with E-state index in [1.165, 1.54) is 12.1 Å². The fourth-order valence-electron chi connectivity index (χ4n) is 2.30. The molecule has 8 nitrogen and oxygen atoms in total. The smallest absolute Gasteiger partial charge is 0.325 e. The lowest BCUT2D eigenvalue weighted by molar-refractivity contribution is -0.133. The number of hydrogen-bond donors (Lipinski definition) is 4. The van der Waals surface area contributed by atoms with Gasteiger partial charge in [0.25, 0.3) is 0 Å². The second-order valence-electron chi connectivity index (χ2n) is 5.38. The van der Waals surface area contributed by atoms with Crippen molar-refractivity contribution in [1.29, 1.82) is 0 Å². The minimum absolute atomic E-state index is 0.0211. The Bertz CT molecular complexity index is 739. The van der Waals surface area contributed by atoms with Crippen molar-refractivity contribution in [3.63, 3.8) is 0 Å². The first kappa shape index (κ1) is 19.2. The van der Waals surface area contributed by atoms with Gasteiger partial charge < -0.3 is 31.2 Å². The molecule has 2 rings (SSSR count). The first-order chi connectivity index (χ1) is 12.5. The highest BCUT2D eigenvalue weighted by Gasteiger charge is 2.14. The Morgan fingerprint density at radius 2 is 1.15 bits per heavy atom. The molecule has 0 unspecified atom stereocenters. The van der Waals surface area contributed by atoms with Gasteiger partial charge in [0.1, 0.15) is 0 Å². The Balaban J connectivity index is 2.14. The molecule has 138 valence electrons. The number of esters is 2. The Labute approximate surface area is 149 Å². The van der Waals surface area contributed by atoms with Crippen LogP contribution in [0.4, 0.5) is 0 Å². The Hall–Kier alpha value is -3.10. The maximum atomic E-state index is 11.3. The molecular formula is C18H20N2O6. The molecule has 0 spiro atoms. The van der Waals surface area contributed by atoms with E-state index in [0.717, 1.165) is 0 Å². The third kappa shape index (κ3) is 4.71. The molecule has 0 aromatic heterocycles. The molecule has 0 bridgehead atoms.